The molecule has 0 fully saturated rings. The van der Waals surface area contributed by atoms with Gasteiger partial charge in [-0.2, -0.15) is 0 Å². The van der Waals surface area contributed by atoms with Gasteiger partial charge in [0.25, 0.3) is 0 Å². The number of carbonyl (C=O) groups is 4. The number of benzene rings is 4. The predicted molar refractivity (Wildman–Crippen MR) is 223 cm³/mol. The summed E-state index contributed by atoms with van der Waals surface area (Å²) in [6.45, 7) is 1.19. The van der Waals surface area contributed by atoms with Gasteiger partial charge in [0.15, 0.2) is 5.96 Å². The van der Waals surface area contributed by atoms with Crippen LogP contribution in [0, 0.1) is 0 Å². The summed E-state index contributed by atoms with van der Waals surface area (Å²) < 4.78 is 16.6. The van der Waals surface area contributed by atoms with Gasteiger partial charge in [0.2, 0.25) is 11.8 Å². The molecular weight excluding hydrogens is 739 g/mol. The van der Waals surface area contributed by atoms with Crippen LogP contribution >= 0.6 is 0 Å². The molecule has 4 aromatic rings. The molecule has 8 N–H and O–H groups in total. The average molecular weight is 794 g/mol. The molecular formula is C44H55N7O7. The van der Waals surface area contributed by atoms with Crippen molar-refractivity contribution in [3.63, 3.8) is 0 Å². The van der Waals surface area contributed by atoms with Crippen molar-refractivity contribution in [1.82, 2.24) is 21.3 Å². The second kappa shape index (κ2) is 25.7. The fourth-order valence-electron chi connectivity index (χ4n) is 5.87. The van der Waals surface area contributed by atoms with Gasteiger partial charge in [-0.15, -0.1) is 0 Å². The van der Waals surface area contributed by atoms with Crippen LogP contribution in [0.25, 0.3) is 0 Å². The van der Waals surface area contributed by atoms with E-state index >= 15 is 0 Å². The zero-order valence-corrected chi connectivity index (χ0v) is 32.8. The highest BCUT2D eigenvalue weighted by molar-refractivity contribution is 5.87. The number of amides is 4. The van der Waals surface area contributed by atoms with Crippen LogP contribution in [0.15, 0.2) is 120 Å². The Balaban J connectivity index is 1.25. The average Bonchev–Trinajstić information content (AvgIpc) is 3.23. The number of hydrogen-bond acceptors (Lipinski definition) is 8. The third kappa shape index (κ3) is 18.5. The lowest BCUT2D eigenvalue weighted by Gasteiger charge is -2.21. The highest BCUT2D eigenvalue weighted by atomic mass is 16.6. The quantitative estimate of drug-likeness (QED) is 0.0300. The topological polar surface area (TPSA) is 208 Å². The lowest BCUT2D eigenvalue weighted by molar-refractivity contribution is -0.130. The number of nitrogens with two attached hydrogens (primary N) is 2. The SMILES string of the molecule is NC(N)=Nc1ccc(CCCC(=O)N[C@@H](COCc2ccccc2)C(=O)NCCCC(CCCNC(=O)OCc2ccccc2)NC(=O)OCc2ccccc2)cc1. The molecule has 0 aliphatic heterocycles. The normalized spacial score (nSPS) is 11.7. The van der Waals surface area contributed by atoms with Gasteiger partial charge in [0.05, 0.1) is 18.9 Å². The Hall–Kier alpha value is -6.41. The van der Waals surface area contributed by atoms with Crippen LogP contribution in [0.4, 0.5) is 15.3 Å². The van der Waals surface area contributed by atoms with Crippen molar-refractivity contribution < 1.29 is 33.4 Å². The third-order valence-electron chi connectivity index (χ3n) is 8.89. The fourth-order valence-corrected chi connectivity index (χ4v) is 5.87. The third-order valence-corrected chi connectivity index (χ3v) is 8.89. The molecule has 0 radical (unpaired) electrons. The Morgan fingerprint density at radius 2 is 1.12 bits per heavy atom. The van der Waals surface area contributed by atoms with E-state index in [2.05, 4.69) is 26.3 Å². The minimum atomic E-state index is -0.912. The molecule has 1 unspecified atom stereocenters. The molecule has 0 aliphatic rings. The summed E-state index contributed by atoms with van der Waals surface area (Å²) in [7, 11) is 0. The number of nitrogens with one attached hydrogen (secondary N) is 4. The Labute approximate surface area is 340 Å². The molecule has 0 saturated carbocycles. The molecule has 2 atom stereocenters. The van der Waals surface area contributed by atoms with Crippen LogP contribution in [0.1, 0.15) is 60.8 Å². The molecule has 14 heteroatoms. The predicted octanol–water partition coefficient (Wildman–Crippen LogP) is 5.51. The standard InChI is InChI=1S/C44H55N7O7/c45-42(46)49-38-25-23-33(24-26-38)19-10-22-40(52)51-39(32-56-29-34-13-4-1-5-14-34)41(53)47-27-11-20-37(50-44(55)58-31-36-17-8-3-9-18-36)21-12-28-48-43(54)57-30-35-15-6-2-7-16-35/h1-9,13-18,23-26,37,39H,10-12,19-22,27-32H2,(H,47,53)(H,48,54)(H,50,55)(H,51,52)(H4,45,46,49)/t37?,39-/m0/s1. The number of carbonyl (C=O) groups excluding carboxylic acids is 4. The summed E-state index contributed by atoms with van der Waals surface area (Å²) in [5.74, 6) is -0.660. The summed E-state index contributed by atoms with van der Waals surface area (Å²) in [6.07, 6.45) is 2.50. The molecule has 4 rings (SSSR count). The summed E-state index contributed by atoms with van der Waals surface area (Å²) in [4.78, 5) is 55.4. The van der Waals surface area contributed by atoms with Gasteiger partial charge >= 0.3 is 12.2 Å². The van der Waals surface area contributed by atoms with E-state index in [0.29, 0.717) is 57.3 Å². The monoisotopic (exact) mass is 793 g/mol. The molecule has 58 heavy (non-hydrogen) atoms. The van der Waals surface area contributed by atoms with Crippen LogP contribution in [-0.2, 0) is 50.0 Å². The molecule has 0 aromatic heterocycles. The van der Waals surface area contributed by atoms with Crippen LogP contribution < -0.4 is 32.7 Å². The number of hydrogen-bond donors (Lipinski definition) is 6. The van der Waals surface area contributed by atoms with Gasteiger partial charge in [0.1, 0.15) is 19.3 Å². The van der Waals surface area contributed by atoms with Crippen molar-refractivity contribution in [1.29, 1.82) is 0 Å². The van der Waals surface area contributed by atoms with Crippen molar-refractivity contribution in [2.45, 2.75) is 76.9 Å². The van der Waals surface area contributed by atoms with E-state index in [1.807, 2.05) is 103 Å². The maximum absolute atomic E-state index is 13.4. The highest BCUT2D eigenvalue weighted by Crippen LogP contribution is 2.15. The lowest BCUT2D eigenvalue weighted by atomic mass is 10.1. The van der Waals surface area contributed by atoms with E-state index in [1.165, 1.54) is 0 Å². The highest BCUT2D eigenvalue weighted by Gasteiger charge is 2.21. The van der Waals surface area contributed by atoms with Crippen LogP contribution in [-0.4, -0.2) is 61.7 Å². The van der Waals surface area contributed by atoms with Gasteiger partial charge < -0.3 is 46.9 Å². The van der Waals surface area contributed by atoms with Crippen LogP contribution in [0.3, 0.4) is 0 Å². The largest absolute Gasteiger partial charge is 0.445 e. The summed E-state index contributed by atoms with van der Waals surface area (Å²) in [5.41, 5.74) is 15.3. The first-order chi connectivity index (χ1) is 28.2. The minimum Gasteiger partial charge on any atom is -0.445 e. The van der Waals surface area contributed by atoms with Crippen molar-refractivity contribution in [3.8, 4) is 0 Å². The molecule has 14 nitrogen and oxygen atoms in total. The zero-order valence-electron chi connectivity index (χ0n) is 32.8. The number of aliphatic imine (C=N–C) groups is 1. The van der Waals surface area contributed by atoms with Crippen LogP contribution in [0.5, 0.6) is 0 Å². The van der Waals surface area contributed by atoms with Gasteiger partial charge in [-0.3, -0.25) is 9.59 Å². The van der Waals surface area contributed by atoms with Crippen molar-refractivity contribution in [2.75, 3.05) is 19.7 Å². The minimum absolute atomic E-state index is 0.0169. The van der Waals surface area contributed by atoms with Gasteiger partial charge in [0, 0.05) is 25.6 Å². The number of ether oxygens (including phenoxy) is 3. The van der Waals surface area contributed by atoms with Crippen molar-refractivity contribution >= 4 is 35.6 Å². The fraction of sp³-hybridized carbons (Fsp3) is 0.341. The van der Waals surface area contributed by atoms with E-state index in [-0.39, 0.29) is 56.7 Å². The molecule has 0 heterocycles. The number of rotatable bonds is 24. The van der Waals surface area contributed by atoms with E-state index in [1.54, 1.807) is 12.1 Å². The van der Waals surface area contributed by atoms with E-state index in [4.69, 9.17) is 25.7 Å². The zero-order chi connectivity index (χ0) is 41.2. The molecule has 0 aliphatic carbocycles. The van der Waals surface area contributed by atoms with Gasteiger partial charge in [-0.25, -0.2) is 14.6 Å². The Morgan fingerprint density at radius 3 is 1.69 bits per heavy atom. The second-order valence-corrected chi connectivity index (χ2v) is 13.6. The number of alkyl carbamates (subject to hydrolysis) is 2. The first-order valence-electron chi connectivity index (χ1n) is 19.5. The van der Waals surface area contributed by atoms with E-state index in [0.717, 1.165) is 22.3 Å². The number of nitrogens with zero attached hydrogens (tertiary/aromatic N) is 1. The molecule has 0 spiro atoms. The summed E-state index contributed by atoms with van der Waals surface area (Å²) >= 11 is 0. The molecule has 0 saturated heterocycles. The van der Waals surface area contributed by atoms with E-state index < -0.39 is 18.2 Å². The molecule has 0 bridgehead atoms. The second-order valence-electron chi connectivity index (χ2n) is 13.6. The van der Waals surface area contributed by atoms with Crippen molar-refractivity contribution in [3.05, 3.63) is 138 Å². The molecule has 4 amide bonds. The number of guanidine groups is 1. The Kier molecular flexibility index (Phi) is 19.6. The summed E-state index contributed by atoms with van der Waals surface area (Å²) in [5, 5.41) is 11.5. The summed E-state index contributed by atoms with van der Waals surface area (Å²) in [6, 6.07) is 34.6. The molecule has 308 valence electrons. The van der Waals surface area contributed by atoms with Crippen LogP contribution in [0.2, 0.25) is 0 Å². The van der Waals surface area contributed by atoms with Gasteiger partial charge in [-0.1, -0.05) is 103 Å². The maximum Gasteiger partial charge on any atom is 0.407 e. The van der Waals surface area contributed by atoms with Crippen molar-refractivity contribution in [2.24, 2.45) is 16.5 Å². The smallest absolute Gasteiger partial charge is 0.407 e. The van der Waals surface area contributed by atoms with Gasteiger partial charge in [-0.05, 0) is 72.9 Å². The first kappa shape index (κ1) is 44.3. The first-order valence-corrected chi connectivity index (χ1v) is 19.5. The van der Waals surface area contributed by atoms with E-state index in [9.17, 15) is 19.2 Å². The molecule has 4 aromatic carbocycles. The maximum atomic E-state index is 13.4. The lowest BCUT2D eigenvalue weighted by Crippen LogP contribution is -2.49. The Morgan fingerprint density at radius 1 is 0.586 bits per heavy atom. The number of aryl methyl sites for hydroxylation is 1. The Bertz CT molecular complexity index is 1840.